The molecule has 0 spiro atoms. The van der Waals surface area contributed by atoms with Crippen LogP contribution < -0.4 is 9.79 Å². The van der Waals surface area contributed by atoms with Crippen LogP contribution in [-0.4, -0.2) is 53.7 Å². The van der Waals surface area contributed by atoms with Gasteiger partial charge in [-0.25, -0.2) is 0 Å². The van der Waals surface area contributed by atoms with Gasteiger partial charge in [0.05, 0.1) is 26.4 Å². The largest absolute Gasteiger partial charge is 2.00 e. The Kier molecular flexibility index (Phi) is 28.2. The Morgan fingerprint density at radius 3 is 0.889 bits per heavy atom. The molecule has 162 valence electrons. The number of hydrogen-bond donors (Lipinski definition) is 0. The first-order chi connectivity index (χ1) is 12.2. The molecule has 0 amide bonds. The van der Waals surface area contributed by atoms with Crippen molar-refractivity contribution in [3.8, 4) is 0 Å². The van der Waals surface area contributed by atoms with Gasteiger partial charge in [0.2, 0.25) is 0 Å². The summed E-state index contributed by atoms with van der Waals surface area (Å²) in [6, 6.07) is 0. The molecule has 0 heterocycles. The van der Waals surface area contributed by atoms with Gasteiger partial charge < -0.3 is 27.9 Å². The van der Waals surface area contributed by atoms with Gasteiger partial charge >= 0.3 is 27.3 Å². The molecular formula is C16H36O6P2PbS2. The summed E-state index contributed by atoms with van der Waals surface area (Å²) in [7, 11) is 0. The van der Waals surface area contributed by atoms with Crippen molar-refractivity contribution in [2.45, 2.75) is 79.1 Å². The fourth-order valence-electron chi connectivity index (χ4n) is 1.36. The molecule has 0 saturated heterocycles. The van der Waals surface area contributed by atoms with Crippen molar-refractivity contribution in [1.29, 1.82) is 0 Å². The molecule has 27 heavy (non-hydrogen) atoms. The molecule has 0 fully saturated rings. The smallest absolute Gasteiger partial charge is 0.780 e. The zero-order chi connectivity index (χ0) is 20.3. The summed E-state index contributed by atoms with van der Waals surface area (Å²) in [5.74, 6) is 0. The average Bonchev–Trinajstić information content (AvgIpc) is 2.56. The van der Waals surface area contributed by atoms with Crippen LogP contribution >= 0.6 is 13.4 Å². The SMILES string of the molecule is CCCCOP([O-])(=S)OCCCC.CCCCOP([O-])(=S)OCCCC.[Pb+2]. The maximum absolute atomic E-state index is 11.3. The van der Waals surface area contributed by atoms with E-state index in [4.69, 9.17) is 18.1 Å². The fraction of sp³-hybridized carbons (Fsp3) is 1.00. The third kappa shape index (κ3) is 28.0. The number of rotatable bonds is 16. The fourth-order valence-corrected chi connectivity index (χ4v) is 3.81. The first-order valence-electron chi connectivity index (χ1n) is 9.44. The summed E-state index contributed by atoms with van der Waals surface area (Å²) >= 11 is 9.36. The Balaban J connectivity index is -0.000000411. The Hall–Kier alpha value is 1.98. The van der Waals surface area contributed by atoms with Gasteiger partial charge in [-0.3, -0.25) is 0 Å². The summed E-state index contributed by atoms with van der Waals surface area (Å²) in [6.45, 7) is 3.55. The van der Waals surface area contributed by atoms with Gasteiger partial charge in [-0.2, -0.15) is 0 Å². The zero-order valence-corrected chi connectivity index (χ0v) is 24.5. The summed E-state index contributed by atoms with van der Waals surface area (Å²) in [6.07, 6.45) is 7.51. The van der Waals surface area contributed by atoms with Gasteiger partial charge in [0.1, 0.15) is 13.4 Å². The van der Waals surface area contributed by atoms with E-state index in [2.05, 4.69) is 23.6 Å². The van der Waals surface area contributed by atoms with E-state index in [0.29, 0.717) is 26.4 Å². The van der Waals surface area contributed by atoms with E-state index in [1.54, 1.807) is 0 Å². The van der Waals surface area contributed by atoms with Crippen LogP contribution in [0.15, 0.2) is 0 Å². The number of hydrogen-bond acceptors (Lipinski definition) is 8. The van der Waals surface area contributed by atoms with Crippen LogP contribution in [0.1, 0.15) is 79.1 Å². The third-order valence-corrected chi connectivity index (χ3v) is 6.25. The second-order valence-corrected chi connectivity index (χ2v) is 11.1. The second kappa shape index (κ2) is 22.7. The Morgan fingerprint density at radius 1 is 0.556 bits per heavy atom. The van der Waals surface area contributed by atoms with E-state index < -0.39 is 13.4 Å². The standard InChI is InChI=1S/2C8H19O3PS.Pb/c2*1-3-5-7-10-12(9,13)11-8-6-4-2;/h2*3-8H2,1-2H3,(H,9,13);/q;;+2/p-2. The van der Waals surface area contributed by atoms with Gasteiger partial charge in [0.15, 0.2) is 0 Å². The molecule has 6 nitrogen and oxygen atoms in total. The van der Waals surface area contributed by atoms with Crippen LogP contribution in [0.3, 0.4) is 0 Å². The maximum Gasteiger partial charge on any atom is 2.00 e. The normalized spacial score (nSPS) is 11.5. The molecule has 0 bridgehead atoms. The van der Waals surface area contributed by atoms with Gasteiger partial charge in [-0.05, 0) is 25.7 Å². The molecule has 11 heteroatoms. The quantitative estimate of drug-likeness (QED) is 0.140. The molecule has 0 rings (SSSR count). The number of unbranched alkanes of at least 4 members (excludes halogenated alkanes) is 4. The van der Waals surface area contributed by atoms with Crippen molar-refractivity contribution in [2.75, 3.05) is 26.4 Å². The van der Waals surface area contributed by atoms with Crippen LogP contribution in [-0.2, 0) is 41.7 Å². The van der Waals surface area contributed by atoms with Crippen molar-refractivity contribution >= 4 is 64.3 Å². The van der Waals surface area contributed by atoms with Gasteiger partial charge in [-0.1, -0.05) is 77.0 Å². The molecule has 0 atom stereocenters. The summed E-state index contributed by atoms with van der Waals surface area (Å²) in [5.41, 5.74) is 0. The first-order valence-corrected chi connectivity index (χ1v) is 14.6. The van der Waals surface area contributed by atoms with Gasteiger partial charge in [0.25, 0.3) is 0 Å². The average molecular weight is 658 g/mol. The van der Waals surface area contributed by atoms with Crippen LogP contribution in [0, 0.1) is 0 Å². The predicted molar refractivity (Wildman–Crippen MR) is 118 cm³/mol. The molecule has 0 aromatic rings. The molecule has 0 aromatic carbocycles. The van der Waals surface area contributed by atoms with Crippen molar-refractivity contribution < 1.29 is 27.9 Å². The van der Waals surface area contributed by atoms with E-state index in [0.717, 1.165) is 51.4 Å². The molecule has 2 radical (unpaired) electrons. The maximum atomic E-state index is 11.3. The van der Waals surface area contributed by atoms with Crippen molar-refractivity contribution in [1.82, 2.24) is 0 Å². The van der Waals surface area contributed by atoms with E-state index >= 15 is 0 Å². The molecule has 0 aliphatic carbocycles. The van der Waals surface area contributed by atoms with Crippen LogP contribution in [0.25, 0.3) is 0 Å². The minimum Gasteiger partial charge on any atom is -0.780 e. The van der Waals surface area contributed by atoms with Crippen molar-refractivity contribution in [2.24, 2.45) is 0 Å². The van der Waals surface area contributed by atoms with E-state index in [1.165, 1.54) is 0 Å². The van der Waals surface area contributed by atoms with Crippen LogP contribution in [0.2, 0.25) is 0 Å². The minimum absolute atomic E-state index is 0. The van der Waals surface area contributed by atoms with Gasteiger partial charge in [0, 0.05) is 0 Å². The molecule has 0 aliphatic rings. The van der Waals surface area contributed by atoms with E-state index in [9.17, 15) is 9.79 Å². The first kappa shape index (κ1) is 33.6. The van der Waals surface area contributed by atoms with E-state index in [-0.39, 0.29) is 27.3 Å². The topological polar surface area (TPSA) is 83.0 Å². The van der Waals surface area contributed by atoms with Crippen LogP contribution in [0.4, 0.5) is 0 Å². The Labute approximate surface area is 196 Å². The Bertz CT molecular complexity index is 341. The summed E-state index contributed by atoms with van der Waals surface area (Å²) < 4.78 is 19.9. The molecule has 0 aromatic heterocycles. The van der Waals surface area contributed by atoms with E-state index in [1.807, 2.05) is 27.7 Å². The Morgan fingerprint density at radius 2 is 0.741 bits per heavy atom. The summed E-state index contributed by atoms with van der Waals surface area (Å²) in [5, 5.41) is 0. The third-order valence-electron chi connectivity index (χ3n) is 2.99. The molecule has 0 aliphatic heterocycles. The molecular weight excluding hydrogens is 621 g/mol. The van der Waals surface area contributed by atoms with Gasteiger partial charge in [-0.15, -0.1) is 0 Å². The van der Waals surface area contributed by atoms with Crippen LogP contribution in [0.5, 0.6) is 0 Å². The van der Waals surface area contributed by atoms with Crippen molar-refractivity contribution in [3.05, 3.63) is 0 Å². The molecule has 0 saturated carbocycles. The zero-order valence-electron chi connectivity index (χ0n) is 17.1. The molecule has 0 N–H and O–H groups in total. The second-order valence-electron chi connectivity index (χ2n) is 5.64. The van der Waals surface area contributed by atoms with Crippen molar-refractivity contribution in [3.63, 3.8) is 0 Å². The monoisotopic (exact) mass is 658 g/mol. The molecule has 0 unspecified atom stereocenters. The summed E-state index contributed by atoms with van der Waals surface area (Å²) in [4.78, 5) is 22.7. The minimum atomic E-state index is -3.17. The predicted octanol–water partition coefficient (Wildman–Crippen LogP) is 4.03.